The number of hydrogen-bond acceptors (Lipinski definition) is 1. The number of aromatic carboxylic acids is 1. The lowest BCUT2D eigenvalue weighted by Crippen LogP contribution is -2.17. The number of nitrogens with zero attached hydrogens (tertiary/aromatic N) is 1. The molecule has 0 saturated carbocycles. The molecule has 0 spiro atoms. The molecule has 0 atom stereocenters. The summed E-state index contributed by atoms with van der Waals surface area (Å²) < 4.78 is 40.2. The van der Waals surface area contributed by atoms with Gasteiger partial charge in [0, 0.05) is 11.4 Å². The summed E-state index contributed by atoms with van der Waals surface area (Å²) in [5.74, 6) is -1.59. The molecule has 1 aromatic carbocycles. The lowest BCUT2D eigenvalue weighted by molar-refractivity contribution is -0.142. The minimum absolute atomic E-state index is 0.218. The molecule has 0 unspecified atom stereocenters. The van der Waals surface area contributed by atoms with E-state index in [9.17, 15) is 18.0 Å². The van der Waals surface area contributed by atoms with Crippen LogP contribution in [0.5, 0.6) is 0 Å². The first-order valence-corrected chi connectivity index (χ1v) is 5.40. The predicted octanol–water partition coefficient (Wildman–Crippen LogP) is 3.50. The molecule has 0 radical (unpaired) electrons. The summed E-state index contributed by atoms with van der Waals surface area (Å²) in [6.45, 7) is 1.44. The van der Waals surface area contributed by atoms with Crippen molar-refractivity contribution in [1.82, 2.24) is 4.57 Å². The van der Waals surface area contributed by atoms with E-state index in [1.807, 2.05) is 0 Å². The van der Waals surface area contributed by atoms with E-state index in [2.05, 4.69) is 0 Å². The Morgan fingerprint density at radius 3 is 2.26 bits per heavy atom. The number of aryl methyl sites for hydroxylation is 1. The molecule has 1 N–H and O–H groups in total. The second-order valence-corrected chi connectivity index (χ2v) is 4.02. The van der Waals surface area contributed by atoms with E-state index in [1.165, 1.54) is 19.1 Å². The highest BCUT2D eigenvalue weighted by Gasteiger charge is 2.40. The number of rotatable bonds is 2. The summed E-state index contributed by atoms with van der Waals surface area (Å²) in [5, 5.41) is 8.90. The highest BCUT2D eigenvalue weighted by Crippen LogP contribution is 2.36. The Labute approximate surface area is 106 Å². The minimum Gasteiger partial charge on any atom is -0.478 e. The van der Waals surface area contributed by atoms with Gasteiger partial charge in [-0.2, -0.15) is 13.2 Å². The highest BCUT2D eigenvalue weighted by atomic mass is 19.4. The summed E-state index contributed by atoms with van der Waals surface area (Å²) in [6, 6.07) is 8.87. The molecule has 2 aromatic rings. The predicted molar refractivity (Wildman–Crippen MR) is 62.5 cm³/mol. The number of para-hydroxylation sites is 1. The molecule has 0 aliphatic rings. The molecular weight excluding hydrogens is 259 g/mol. The lowest BCUT2D eigenvalue weighted by atomic mass is 10.2. The van der Waals surface area contributed by atoms with E-state index in [4.69, 9.17) is 5.11 Å². The molecule has 19 heavy (non-hydrogen) atoms. The van der Waals surface area contributed by atoms with Crippen LogP contribution < -0.4 is 0 Å². The first-order chi connectivity index (χ1) is 8.82. The highest BCUT2D eigenvalue weighted by molar-refractivity contribution is 5.90. The molecule has 0 aliphatic heterocycles. The van der Waals surface area contributed by atoms with Gasteiger partial charge in [-0.15, -0.1) is 0 Å². The van der Waals surface area contributed by atoms with Crippen molar-refractivity contribution in [3.63, 3.8) is 0 Å². The molecule has 0 bridgehead atoms. The van der Waals surface area contributed by atoms with Gasteiger partial charge >= 0.3 is 12.1 Å². The van der Waals surface area contributed by atoms with Crippen molar-refractivity contribution < 1.29 is 23.1 Å². The number of carboxylic acids is 1. The van der Waals surface area contributed by atoms with E-state index in [-0.39, 0.29) is 11.4 Å². The molecule has 100 valence electrons. The number of hydrogen-bond donors (Lipinski definition) is 1. The van der Waals surface area contributed by atoms with Crippen LogP contribution in [-0.2, 0) is 6.18 Å². The molecule has 0 fully saturated rings. The average molecular weight is 269 g/mol. The summed E-state index contributed by atoms with van der Waals surface area (Å²) in [4.78, 5) is 11.0. The van der Waals surface area contributed by atoms with Gasteiger partial charge < -0.3 is 9.67 Å². The Morgan fingerprint density at radius 1 is 1.21 bits per heavy atom. The molecule has 0 amide bonds. The fourth-order valence-electron chi connectivity index (χ4n) is 1.99. The maximum absolute atomic E-state index is 13.1. The van der Waals surface area contributed by atoms with Crippen molar-refractivity contribution in [3.05, 3.63) is 53.3 Å². The molecule has 1 aromatic heterocycles. The summed E-state index contributed by atoms with van der Waals surface area (Å²) in [5.41, 5.74) is -1.41. The van der Waals surface area contributed by atoms with Gasteiger partial charge in [0.1, 0.15) is 5.69 Å². The number of benzene rings is 1. The van der Waals surface area contributed by atoms with Crippen molar-refractivity contribution in [1.29, 1.82) is 0 Å². The van der Waals surface area contributed by atoms with E-state index in [0.29, 0.717) is 0 Å². The van der Waals surface area contributed by atoms with E-state index in [0.717, 1.165) is 10.6 Å². The van der Waals surface area contributed by atoms with Gasteiger partial charge in [0.15, 0.2) is 0 Å². The Balaban J connectivity index is 2.78. The van der Waals surface area contributed by atoms with E-state index >= 15 is 0 Å². The molecular formula is C13H10F3NO2. The van der Waals surface area contributed by atoms with Crippen LogP contribution in [-0.4, -0.2) is 15.6 Å². The minimum atomic E-state index is -4.74. The van der Waals surface area contributed by atoms with E-state index < -0.39 is 23.4 Å². The first-order valence-electron chi connectivity index (χ1n) is 5.40. The van der Waals surface area contributed by atoms with Gasteiger partial charge in [0.25, 0.3) is 0 Å². The summed E-state index contributed by atoms with van der Waals surface area (Å²) >= 11 is 0. The average Bonchev–Trinajstić information content (AvgIpc) is 2.68. The SMILES string of the molecule is Cc1cc(C(=O)O)c(C(F)(F)F)n1-c1ccccc1. The molecule has 1 heterocycles. The Morgan fingerprint density at radius 2 is 1.79 bits per heavy atom. The second-order valence-electron chi connectivity index (χ2n) is 4.02. The third kappa shape index (κ3) is 2.33. The van der Waals surface area contributed by atoms with Crippen molar-refractivity contribution in [2.24, 2.45) is 0 Å². The van der Waals surface area contributed by atoms with Crippen molar-refractivity contribution in [2.45, 2.75) is 13.1 Å². The number of halogens is 3. The van der Waals surface area contributed by atoms with Crippen LogP contribution >= 0.6 is 0 Å². The van der Waals surface area contributed by atoms with E-state index in [1.54, 1.807) is 18.2 Å². The maximum atomic E-state index is 13.1. The topological polar surface area (TPSA) is 42.2 Å². The third-order valence-corrected chi connectivity index (χ3v) is 2.70. The van der Waals surface area contributed by atoms with Crippen molar-refractivity contribution in [3.8, 4) is 5.69 Å². The summed E-state index contributed by atoms with van der Waals surface area (Å²) in [6.07, 6.45) is -4.74. The monoisotopic (exact) mass is 269 g/mol. The van der Waals surface area contributed by atoms with Crippen molar-refractivity contribution in [2.75, 3.05) is 0 Å². The van der Waals surface area contributed by atoms with Gasteiger partial charge in [-0.25, -0.2) is 4.79 Å². The van der Waals surface area contributed by atoms with Crippen LogP contribution in [0.3, 0.4) is 0 Å². The fraction of sp³-hybridized carbons (Fsp3) is 0.154. The van der Waals surface area contributed by atoms with Gasteiger partial charge in [-0.05, 0) is 25.1 Å². The zero-order valence-corrected chi connectivity index (χ0v) is 9.90. The number of carboxylic acid groups (broad SMARTS) is 1. The number of carbonyl (C=O) groups is 1. The Bertz CT molecular complexity index is 615. The quantitative estimate of drug-likeness (QED) is 0.906. The zero-order valence-electron chi connectivity index (χ0n) is 9.90. The van der Waals surface area contributed by atoms with Crippen LogP contribution in [0.15, 0.2) is 36.4 Å². The largest absolute Gasteiger partial charge is 0.478 e. The Hall–Kier alpha value is -2.24. The van der Waals surface area contributed by atoms with Gasteiger partial charge in [-0.1, -0.05) is 18.2 Å². The molecule has 0 aliphatic carbocycles. The molecule has 0 saturated heterocycles. The zero-order chi connectivity index (χ0) is 14.2. The molecule has 2 rings (SSSR count). The second kappa shape index (κ2) is 4.46. The fourth-order valence-corrected chi connectivity index (χ4v) is 1.99. The normalized spacial score (nSPS) is 11.6. The number of aromatic nitrogens is 1. The Kier molecular flexibility index (Phi) is 3.09. The summed E-state index contributed by atoms with van der Waals surface area (Å²) in [7, 11) is 0. The molecule has 3 nitrogen and oxygen atoms in total. The lowest BCUT2D eigenvalue weighted by Gasteiger charge is -2.14. The smallest absolute Gasteiger partial charge is 0.432 e. The standard InChI is InChI=1S/C13H10F3NO2/c1-8-7-10(12(18)19)11(13(14,15)16)17(8)9-5-3-2-4-6-9/h2-7H,1H3,(H,18,19). The van der Waals surface area contributed by atoms with Crippen LogP contribution in [0.2, 0.25) is 0 Å². The van der Waals surface area contributed by atoms with Crippen LogP contribution in [0, 0.1) is 6.92 Å². The van der Waals surface area contributed by atoms with Crippen LogP contribution in [0.25, 0.3) is 5.69 Å². The van der Waals surface area contributed by atoms with Gasteiger partial charge in [0.2, 0.25) is 0 Å². The maximum Gasteiger partial charge on any atom is 0.432 e. The third-order valence-electron chi connectivity index (χ3n) is 2.70. The van der Waals surface area contributed by atoms with Gasteiger partial charge in [0.05, 0.1) is 5.56 Å². The molecule has 6 heteroatoms. The number of alkyl halides is 3. The first kappa shape index (κ1) is 13.2. The van der Waals surface area contributed by atoms with Crippen molar-refractivity contribution >= 4 is 5.97 Å². The van der Waals surface area contributed by atoms with Gasteiger partial charge in [-0.3, -0.25) is 0 Å². The van der Waals surface area contributed by atoms with Crippen LogP contribution in [0.1, 0.15) is 21.7 Å². The van der Waals surface area contributed by atoms with Crippen LogP contribution in [0.4, 0.5) is 13.2 Å².